The molecule has 5 heteroatoms. The van der Waals surface area contributed by atoms with Crippen molar-refractivity contribution in [3.8, 4) is 11.5 Å². The summed E-state index contributed by atoms with van der Waals surface area (Å²) in [6, 6.07) is 5.76. The third-order valence-electron chi connectivity index (χ3n) is 4.71. The van der Waals surface area contributed by atoms with E-state index in [1.54, 1.807) is 7.11 Å². The van der Waals surface area contributed by atoms with Crippen LogP contribution in [0.5, 0.6) is 11.5 Å². The third-order valence-corrected chi connectivity index (χ3v) is 4.71. The highest BCUT2D eigenvalue weighted by Gasteiger charge is 2.21. The van der Waals surface area contributed by atoms with Crippen LogP contribution >= 0.6 is 0 Å². The first-order valence-corrected chi connectivity index (χ1v) is 8.91. The van der Waals surface area contributed by atoms with Crippen LogP contribution < -0.4 is 20.1 Å². The van der Waals surface area contributed by atoms with Crippen LogP contribution in [0.15, 0.2) is 18.2 Å². The Morgan fingerprint density at radius 3 is 2.75 bits per heavy atom. The highest BCUT2D eigenvalue weighted by atomic mass is 16.5. The summed E-state index contributed by atoms with van der Waals surface area (Å²) < 4.78 is 10.9. The number of hydrogen-bond acceptors (Lipinski definition) is 4. The Labute approximate surface area is 145 Å². The monoisotopic (exact) mass is 334 g/mol. The number of amides is 1. The number of ether oxygens (including phenoxy) is 2. The number of rotatable bonds is 8. The Balaban J connectivity index is 1.83. The van der Waals surface area contributed by atoms with Crippen LogP contribution in [-0.2, 0) is 11.3 Å². The normalized spacial score (nSPS) is 16.5. The molecule has 0 saturated carbocycles. The predicted octanol–water partition coefficient (Wildman–Crippen LogP) is 2.74. The van der Waals surface area contributed by atoms with Crippen LogP contribution in [0, 0.1) is 11.8 Å². The van der Waals surface area contributed by atoms with Crippen molar-refractivity contribution in [2.75, 3.05) is 26.8 Å². The number of carbonyl (C=O) groups is 1. The topological polar surface area (TPSA) is 59.6 Å². The van der Waals surface area contributed by atoms with Gasteiger partial charge in [-0.15, -0.1) is 0 Å². The number of piperidine rings is 1. The van der Waals surface area contributed by atoms with Crippen LogP contribution in [0.2, 0.25) is 0 Å². The van der Waals surface area contributed by atoms with E-state index >= 15 is 0 Å². The maximum atomic E-state index is 12.2. The van der Waals surface area contributed by atoms with E-state index in [1.807, 2.05) is 25.1 Å². The van der Waals surface area contributed by atoms with Gasteiger partial charge in [-0.05, 0) is 62.4 Å². The largest absolute Gasteiger partial charge is 0.493 e. The summed E-state index contributed by atoms with van der Waals surface area (Å²) in [5, 5.41) is 6.40. The molecule has 0 aliphatic carbocycles. The Bertz CT molecular complexity index is 527. The number of nitrogens with one attached hydrogen (secondary N) is 2. The average molecular weight is 334 g/mol. The lowest BCUT2D eigenvalue weighted by Gasteiger charge is -2.27. The van der Waals surface area contributed by atoms with Crippen molar-refractivity contribution in [1.29, 1.82) is 0 Å². The lowest BCUT2D eigenvalue weighted by atomic mass is 9.84. The molecule has 1 aliphatic rings. The summed E-state index contributed by atoms with van der Waals surface area (Å²) in [5.74, 6) is 2.64. The molecule has 1 heterocycles. The maximum Gasteiger partial charge on any atom is 0.220 e. The zero-order chi connectivity index (χ0) is 17.4. The minimum Gasteiger partial charge on any atom is -0.493 e. The summed E-state index contributed by atoms with van der Waals surface area (Å²) in [6.45, 7) is 7.37. The maximum absolute atomic E-state index is 12.2. The van der Waals surface area contributed by atoms with Crippen LogP contribution in [0.4, 0.5) is 0 Å². The van der Waals surface area contributed by atoms with Crippen LogP contribution in [0.1, 0.15) is 38.7 Å². The molecule has 5 nitrogen and oxygen atoms in total. The van der Waals surface area contributed by atoms with E-state index in [9.17, 15) is 4.79 Å². The summed E-state index contributed by atoms with van der Waals surface area (Å²) in [5.41, 5.74) is 1.02. The van der Waals surface area contributed by atoms with E-state index in [4.69, 9.17) is 9.47 Å². The third kappa shape index (κ3) is 5.41. The predicted molar refractivity (Wildman–Crippen MR) is 95.4 cm³/mol. The van der Waals surface area contributed by atoms with E-state index in [-0.39, 0.29) is 5.91 Å². The lowest BCUT2D eigenvalue weighted by molar-refractivity contribution is -0.122. The molecule has 2 rings (SSSR count). The molecule has 1 fully saturated rings. The molecule has 2 N–H and O–H groups in total. The Kier molecular flexibility index (Phi) is 7.37. The molecule has 1 aliphatic heterocycles. The highest BCUT2D eigenvalue weighted by Crippen LogP contribution is 2.28. The molecule has 1 aromatic rings. The first-order valence-electron chi connectivity index (χ1n) is 8.91. The van der Waals surface area contributed by atoms with Gasteiger partial charge in [-0.25, -0.2) is 0 Å². The molecule has 134 valence electrons. The second-order valence-corrected chi connectivity index (χ2v) is 6.46. The van der Waals surface area contributed by atoms with E-state index in [2.05, 4.69) is 17.6 Å². The van der Waals surface area contributed by atoms with Gasteiger partial charge in [0.25, 0.3) is 0 Å². The Morgan fingerprint density at radius 2 is 2.08 bits per heavy atom. The first-order chi connectivity index (χ1) is 11.6. The van der Waals surface area contributed by atoms with E-state index in [0.29, 0.717) is 37.2 Å². The van der Waals surface area contributed by atoms with Crippen molar-refractivity contribution < 1.29 is 14.3 Å². The minimum atomic E-state index is 0.120. The molecule has 1 amide bonds. The van der Waals surface area contributed by atoms with Crippen LogP contribution in [-0.4, -0.2) is 32.7 Å². The van der Waals surface area contributed by atoms with Crippen molar-refractivity contribution in [3.63, 3.8) is 0 Å². The van der Waals surface area contributed by atoms with Gasteiger partial charge in [0, 0.05) is 13.0 Å². The molecule has 0 radical (unpaired) electrons. The van der Waals surface area contributed by atoms with Crippen molar-refractivity contribution in [2.24, 2.45) is 11.8 Å². The summed E-state index contributed by atoms with van der Waals surface area (Å²) >= 11 is 0. The van der Waals surface area contributed by atoms with Crippen LogP contribution in [0.25, 0.3) is 0 Å². The fourth-order valence-corrected chi connectivity index (χ4v) is 3.24. The molecule has 1 unspecified atom stereocenters. The van der Waals surface area contributed by atoms with Gasteiger partial charge in [0.15, 0.2) is 11.5 Å². The highest BCUT2D eigenvalue weighted by molar-refractivity contribution is 5.76. The fraction of sp³-hybridized carbons (Fsp3) is 0.632. The number of carbonyl (C=O) groups excluding carboxylic acids is 1. The molecular weight excluding hydrogens is 304 g/mol. The van der Waals surface area contributed by atoms with Crippen molar-refractivity contribution in [2.45, 2.75) is 39.7 Å². The standard InChI is InChI=1S/C19H30N2O3/c1-4-24-18-12-15(5-6-17(18)23-3)13-21-19(22)11-14(2)16-7-9-20-10-8-16/h5-6,12,14,16,20H,4,7-11,13H2,1-3H3,(H,21,22). The summed E-state index contributed by atoms with van der Waals surface area (Å²) in [7, 11) is 1.63. The molecule has 1 aromatic carbocycles. The molecular formula is C19H30N2O3. The minimum absolute atomic E-state index is 0.120. The van der Waals surface area contributed by atoms with Crippen molar-refractivity contribution in [3.05, 3.63) is 23.8 Å². The van der Waals surface area contributed by atoms with Crippen molar-refractivity contribution in [1.82, 2.24) is 10.6 Å². The molecule has 24 heavy (non-hydrogen) atoms. The smallest absolute Gasteiger partial charge is 0.220 e. The average Bonchev–Trinajstić information content (AvgIpc) is 2.61. The molecule has 0 spiro atoms. The number of benzene rings is 1. The van der Waals surface area contributed by atoms with Gasteiger partial charge >= 0.3 is 0 Å². The Hall–Kier alpha value is -1.75. The fourth-order valence-electron chi connectivity index (χ4n) is 3.24. The van der Waals surface area contributed by atoms with Gasteiger partial charge in [-0.3, -0.25) is 4.79 Å². The van der Waals surface area contributed by atoms with E-state index in [1.165, 1.54) is 12.8 Å². The van der Waals surface area contributed by atoms with Gasteiger partial charge in [0.05, 0.1) is 13.7 Å². The van der Waals surface area contributed by atoms with Gasteiger partial charge in [0.1, 0.15) is 0 Å². The molecule has 1 saturated heterocycles. The lowest BCUT2D eigenvalue weighted by Crippen LogP contribution is -2.33. The number of methoxy groups -OCH3 is 1. The van der Waals surface area contributed by atoms with E-state index in [0.717, 1.165) is 24.4 Å². The molecule has 0 bridgehead atoms. The van der Waals surface area contributed by atoms with Gasteiger partial charge < -0.3 is 20.1 Å². The molecule has 0 aromatic heterocycles. The quantitative estimate of drug-likeness (QED) is 0.767. The summed E-state index contributed by atoms with van der Waals surface area (Å²) in [4.78, 5) is 12.2. The van der Waals surface area contributed by atoms with Crippen molar-refractivity contribution >= 4 is 5.91 Å². The second-order valence-electron chi connectivity index (χ2n) is 6.46. The zero-order valence-corrected chi connectivity index (χ0v) is 15.1. The molecule has 1 atom stereocenters. The van der Waals surface area contributed by atoms with Gasteiger partial charge in [0.2, 0.25) is 5.91 Å². The van der Waals surface area contributed by atoms with Crippen LogP contribution in [0.3, 0.4) is 0 Å². The second kappa shape index (κ2) is 9.52. The van der Waals surface area contributed by atoms with Gasteiger partial charge in [-0.1, -0.05) is 13.0 Å². The number of hydrogen-bond donors (Lipinski definition) is 2. The SMILES string of the molecule is CCOc1cc(CNC(=O)CC(C)C2CCNCC2)ccc1OC. The van der Waals surface area contributed by atoms with Gasteiger partial charge in [-0.2, -0.15) is 0 Å². The van der Waals surface area contributed by atoms with E-state index < -0.39 is 0 Å². The summed E-state index contributed by atoms with van der Waals surface area (Å²) in [6.07, 6.45) is 2.94. The Morgan fingerprint density at radius 1 is 1.33 bits per heavy atom. The first kappa shape index (κ1) is 18.6. The zero-order valence-electron chi connectivity index (χ0n) is 15.1.